The van der Waals surface area contributed by atoms with Crippen molar-refractivity contribution in [1.29, 1.82) is 0 Å². The van der Waals surface area contributed by atoms with Gasteiger partial charge in [-0.3, -0.25) is 4.79 Å². The predicted molar refractivity (Wildman–Crippen MR) is 81.9 cm³/mol. The van der Waals surface area contributed by atoms with Gasteiger partial charge in [-0.25, -0.2) is 4.98 Å². The minimum Gasteiger partial charge on any atom is -0.495 e. The third-order valence-electron chi connectivity index (χ3n) is 2.92. The smallest absolute Gasteiger partial charge is 0.229 e. The molecule has 0 saturated carbocycles. The molecule has 20 heavy (non-hydrogen) atoms. The van der Waals surface area contributed by atoms with Crippen LogP contribution in [-0.2, 0) is 11.2 Å². The minimum absolute atomic E-state index is 0.0997. The summed E-state index contributed by atoms with van der Waals surface area (Å²) in [5.41, 5.74) is 4.15. The molecule has 0 aliphatic heterocycles. The summed E-state index contributed by atoms with van der Waals surface area (Å²) in [6.07, 6.45) is 0.307. The van der Waals surface area contributed by atoms with Crippen LogP contribution in [0.4, 0.5) is 5.69 Å². The van der Waals surface area contributed by atoms with Crippen LogP contribution in [0.2, 0.25) is 5.02 Å². The minimum atomic E-state index is -0.0997. The van der Waals surface area contributed by atoms with Crippen molar-refractivity contribution < 1.29 is 9.53 Å². The van der Waals surface area contributed by atoms with Crippen molar-refractivity contribution in [3.8, 4) is 5.75 Å². The van der Waals surface area contributed by atoms with E-state index in [0.29, 0.717) is 22.9 Å². The summed E-state index contributed by atoms with van der Waals surface area (Å²) in [5.74, 6) is 0.451. The van der Waals surface area contributed by atoms with Gasteiger partial charge in [0.25, 0.3) is 0 Å². The lowest BCUT2D eigenvalue weighted by Gasteiger charge is -2.12. The number of nitrogens with zero attached hydrogens (tertiary/aromatic N) is 1. The van der Waals surface area contributed by atoms with Crippen LogP contribution in [0.25, 0.3) is 0 Å². The molecule has 0 aliphatic rings. The SMILES string of the molecule is COc1cc(Cl)c(C)cc1NC(=O)Cc1scnc1C. The third-order valence-corrected chi connectivity index (χ3v) is 4.26. The van der Waals surface area contributed by atoms with Crippen molar-refractivity contribution in [1.82, 2.24) is 4.98 Å². The number of halogens is 1. The zero-order chi connectivity index (χ0) is 14.7. The first-order chi connectivity index (χ1) is 9.51. The number of aromatic nitrogens is 1. The van der Waals surface area contributed by atoms with Crippen LogP contribution in [-0.4, -0.2) is 18.0 Å². The Morgan fingerprint density at radius 1 is 1.45 bits per heavy atom. The summed E-state index contributed by atoms with van der Waals surface area (Å²) >= 11 is 7.52. The molecule has 0 aliphatic carbocycles. The van der Waals surface area contributed by atoms with Gasteiger partial charge in [-0.05, 0) is 25.5 Å². The Hall–Kier alpha value is -1.59. The van der Waals surface area contributed by atoms with E-state index in [1.807, 2.05) is 13.8 Å². The van der Waals surface area contributed by atoms with Crippen LogP contribution in [0, 0.1) is 13.8 Å². The second-order valence-corrected chi connectivity index (χ2v) is 5.73. The fourth-order valence-corrected chi connectivity index (χ4v) is 2.70. The molecule has 1 amide bonds. The molecule has 1 heterocycles. The summed E-state index contributed by atoms with van der Waals surface area (Å²) < 4.78 is 5.23. The molecule has 0 saturated heterocycles. The molecule has 2 rings (SSSR count). The van der Waals surface area contributed by atoms with Crippen LogP contribution in [0.15, 0.2) is 17.6 Å². The topological polar surface area (TPSA) is 51.2 Å². The van der Waals surface area contributed by atoms with Crippen LogP contribution in [0.5, 0.6) is 5.75 Å². The quantitative estimate of drug-likeness (QED) is 0.938. The van der Waals surface area contributed by atoms with E-state index >= 15 is 0 Å². The highest BCUT2D eigenvalue weighted by molar-refractivity contribution is 7.09. The molecule has 6 heteroatoms. The Morgan fingerprint density at radius 2 is 2.20 bits per heavy atom. The summed E-state index contributed by atoms with van der Waals surface area (Å²) in [6, 6.07) is 3.50. The highest BCUT2D eigenvalue weighted by Gasteiger charge is 2.12. The molecule has 1 aromatic carbocycles. The van der Waals surface area contributed by atoms with E-state index in [9.17, 15) is 4.79 Å². The van der Waals surface area contributed by atoms with Gasteiger partial charge in [-0.1, -0.05) is 11.6 Å². The molecule has 4 nitrogen and oxygen atoms in total. The normalized spacial score (nSPS) is 10.4. The highest BCUT2D eigenvalue weighted by atomic mass is 35.5. The number of anilines is 1. The lowest BCUT2D eigenvalue weighted by atomic mass is 10.2. The number of carbonyl (C=O) groups is 1. The number of carbonyl (C=O) groups excluding carboxylic acids is 1. The number of benzene rings is 1. The van der Waals surface area contributed by atoms with Crippen molar-refractivity contribution in [3.63, 3.8) is 0 Å². The molecular formula is C14H15ClN2O2S. The van der Waals surface area contributed by atoms with E-state index in [4.69, 9.17) is 16.3 Å². The monoisotopic (exact) mass is 310 g/mol. The van der Waals surface area contributed by atoms with Crippen LogP contribution >= 0.6 is 22.9 Å². The summed E-state index contributed by atoms with van der Waals surface area (Å²) in [5, 5.41) is 3.46. The van der Waals surface area contributed by atoms with Crippen LogP contribution < -0.4 is 10.1 Å². The Morgan fingerprint density at radius 3 is 2.80 bits per heavy atom. The Balaban J connectivity index is 2.15. The maximum absolute atomic E-state index is 12.1. The van der Waals surface area contributed by atoms with Gasteiger partial charge in [-0.15, -0.1) is 11.3 Å². The van der Waals surface area contributed by atoms with E-state index in [0.717, 1.165) is 16.1 Å². The molecule has 0 spiro atoms. The highest BCUT2D eigenvalue weighted by Crippen LogP contribution is 2.31. The molecule has 0 bridgehead atoms. The molecule has 0 atom stereocenters. The Kier molecular flexibility index (Phi) is 4.62. The average Bonchev–Trinajstić information content (AvgIpc) is 2.79. The van der Waals surface area contributed by atoms with E-state index in [2.05, 4.69) is 10.3 Å². The zero-order valence-corrected chi connectivity index (χ0v) is 13.1. The maximum atomic E-state index is 12.1. The van der Waals surface area contributed by atoms with Crippen molar-refractivity contribution in [2.75, 3.05) is 12.4 Å². The number of rotatable bonds is 4. The largest absolute Gasteiger partial charge is 0.495 e. The van der Waals surface area contributed by atoms with Crippen LogP contribution in [0.1, 0.15) is 16.1 Å². The number of methoxy groups -OCH3 is 1. The number of nitrogens with one attached hydrogen (secondary N) is 1. The number of hydrogen-bond acceptors (Lipinski definition) is 4. The maximum Gasteiger partial charge on any atom is 0.229 e. The molecule has 0 unspecified atom stereocenters. The third kappa shape index (κ3) is 3.29. The number of amides is 1. The molecule has 0 fully saturated rings. The lowest BCUT2D eigenvalue weighted by molar-refractivity contribution is -0.115. The van der Waals surface area contributed by atoms with Gasteiger partial charge in [0.1, 0.15) is 5.75 Å². The molecule has 106 valence electrons. The van der Waals surface area contributed by atoms with E-state index < -0.39 is 0 Å². The fourth-order valence-electron chi connectivity index (χ4n) is 1.77. The van der Waals surface area contributed by atoms with E-state index in [1.54, 1.807) is 24.8 Å². The van der Waals surface area contributed by atoms with Gasteiger partial charge in [0.15, 0.2) is 0 Å². The second-order valence-electron chi connectivity index (χ2n) is 4.39. The van der Waals surface area contributed by atoms with Crippen molar-refractivity contribution >= 4 is 34.5 Å². The van der Waals surface area contributed by atoms with Gasteiger partial charge >= 0.3 is 0 Å². The fraction of sp³-hybridized carbons (Fsp3) is 0.286. The first-order valence-electron chi connectivity index (χ1n) is 6.04. The number of aryl methyl sites for hydroxylation is 2. The standard InChI is InChI=1S/C14H15ClN2O2S/c1-8-4-11(12(19-3)5-10(8)15)17-14(18)6-13-9(2)16-7-20-13/h4-5,7H,6H2,1-3H3,(H,17,18). The summed E-state index contributed by atoms with van der Waals surface area (Å²) in [7, 11) is 1.55. The number of thiazole rings is 1. The predicted octanol–water partition coefficient (Wildman–Crippen LogP) is 3.60. The molecule has 1 N–H and O–H groups in total. The van der Waals surface area contributed by atoms with Crippen molar-refractivity contribution in [3.05, 3.63) is 38.8 Å². The van der Waals surface area contributed by atoms with Crippen molar-refractivity contribution in [2.45, 2.75) is 20.3 Å². The summed E-state index contributed by atoms with van der Waals surface area (Å²) in [4.78, 5) is 17.2. The summed E-state index contributed by atoms with van der Waals surface area (Å²) in [6.45, 7) is 3.77. The number of ether oxygens (including phenoxy) is 1. The van der Waals surface area contributed by atoms with Gasteiger partial charge < -0.3 is 10.1 Å². The Labute approximate surface area is 126 Å². The first-order valence-corrected chi connectivity index (χ1v) is 7.30. The van der Waals surface area contributed by atoms with Gasteiger partial charge in [0, 0.05) is 16.0 Å². The first kappa shape index (κ1) is 14.8. The average molecular weight is 311 g/mol. The van der Waals surface area contributed by atoms with Gasteiger partial charge in [0.2, 0.25) is 5.91 Å². The van der Waals surface area contributed by atoms with Gasteiger partial charge in [0.05, 0.1) is 30.4 Å². The second kappa shape index (κ2) is 6.24. The molecular weight excluding hydrogens is 296 g/mol. The van der Waals surface area contributed by atoms with Crippen LogP contribution in [0.3, 0.4) is 0 Å². The zero-order valence-electron chi connectivity index (χ0n) is 11.5. The molecule has 0 radical (unpaired) electrons. The van der Waals surface area contributed by atoms with Crippen molar-refractivity contribution in [2.24, 2.45) is 0 Å². The Bertz CT molecular complexity index is 640. The van der Waals surface area contributed by atoms with E-state index in [1.165, 1.54) is 11.3 Å². The number of hydrogen-bond donors (Lipinski definition) is 1. The molecule has 1 aromatic heterocycles. The molecule has 2 aromatic rings. The van der Waals surface area contributed by atoms with E-state index in [-0.39, 0.29) is 5.91 Å². The lowest BCUT2D eigenvalue weighted by Crippen LogP contribution is -2.15. The van der Waals surface area contributed by atoms with Gasteiger partial charge in [-0.2, -0.15) is 0 Å².